The van der Waals surface area contributed by atoms with Crippen LogP contribution >= 0.6 is 7.60 Å². The van der Waals surface area contributed by atoms with Gasteiger partial charge in [0.1, 0.15) is 17.2 Å². The van der Waals surface area contributed by atoms with Crippen molar-refractivity contribution in [2.75, 3.05) is 28.4 Å². The second-order valence-corrected chi connectivity index (χ2v) is 7.82. The number of fused-ring (bicyclic) bond motifs is 1. The number of aromatic nitrogens is 1. The number of ether oxygens (including phenoxy) is 2. The highest BCUT2D eigenvalue weighted by Gasteiger charge is 2.51. The topological polar surface area (TPSA) is 121 Å². The molecule has 0 amide bonds. The maximum Gasteiger partial charge on any atom is 0.345 e. The number of esters is 2. The van der Waals surface area contributed by atoms with Gasteiger partial charge in [-0.25, -0.2) is 0 Å². The molecule has 0 aliphatic carbocycles. The summed E-state index contributed by atoms with van der Waals surface area (Å²) in [6.45, 7) is 0. The summed E-state index contributed by atoms with van der Waals surface area (Å²) in [6.07, 6.45) is 1.46. The largest absolute Gasteiger partial charge is 0.505 e. The number of methoxy groups -OCH3 is 2. The Labute approximate surface area is 155 Å². The van der Waals surface area contributed by atoms with Gasteiger partial charge in [-0.3, -0.25) is 19.1 Å². The summed E-state index contributed by atoms with van der Waals surface area (Å²) in [4.78, 5) is 29.1. The van der Waals surface area contributed by atoms with E-state index in [-0.39, 0.29) is 16.8 Å². The predicted molar refractivity (Wildman–Crippen MR) is 95.6 cm³/mol. The van der Waals surface area contributed by atoms with Crippen LogP contribution in [0.3, 0.4) is 0 Å². The van der Waals surface area contributed by atoms with Crippen molar-refractivity contribution in [3.63, 3.8) is 0 Å². The molecule has 0 saturated heterocycles. The Morgan fingerprint density at radius 2 is 1.67 bits per heavy atom. The first-order valence-electron chi connectivity index (χ1n) is 7.78. The zero-order chi connectivity index (χ0) is 20.2. The Kier molecular flexibility index (Phi) is 6.54. The Morgan fingerprint density at radius 3 is 2.22 bits per heavy atom. The summed E-state index contributed by atoms with van der Waals surface area (Å²) in [5.41, 5.74) is -1.51. The maximum atomic E-state index is 13.0. The minimum Gasteiger partial charge on any atom is -0.505 e. The van der Waals surface area contributed by atoms with Gasteiger partial charge in [0.2, 0.25) is 0 Å². The van der Waals surface area contributed by atoms with E-state index in [0.29, 0.717) is 5.39 Å². The molecule has 27 heavy (non-hydrogen) atoms. The van der Waals surface area contributed by atoms with Crippen LogP contribution in [-0.4, -0.2) is 56.1 Å². The highest BCUT2D eigenvalue weighted by molar-refractivity contribution is 7.55. The van der Waals surface area contributed by atoms with Gasteiger partial charge in [0.25, 0.3) is 0 Å². The molecule has 0 radical (unpaired) electrons. The van der Waals surface area contributed by atoms with Gasteiger partial charge in [-0.15, -0.1) is 0 Å². The Morgan fingerprint density at radius 1 is 1.04 bits per heavy atom. The lowest BCUT2D eigenvalue weighted by molar-refractivity contribution is -0.149. The summed E-state index contributed by atoms with van der Waals surface area (Å²) in [5.74, 6) is -3.81. The van der Waals surface area contributed by atoms with Crippen LogP contribution in [0.5, 0.6) is 5.75 Å². The van der Waals surface area contributed by atoms with Crippen molar-refractivity contribution < 1.29 is 37.8 Å². The zero-order valence-electron chi connectivity index (χ0n) is 15.2. The number of rotatable bonds is 7. The van der Waals surface area contributed by atoms with Gasteiger partial charge in [0.05, 0.1) is 14.2 Å². The van der Waals surface area contributed by atoms with Crippen LogP contribution in [0.4, 0.5) is 0 Å². The fraction of sp³-hybridized carbons (Fsp3) is 0.353. The van der Waals surface area contributed by atoms with Crippen molar-refractivity contribution in [2.24, 2.45) is 0 Å². The maximum absolute atomic E-state index is 13.0. The van der Waals surface area contributed by atoms with E-state index in [2.05, 4.69) is 4.98 Å². The minimum absolute atomic E-state index is 0.0159. The SMILES string of the molecule is COC(=O)C(c1ccc2cccnc2c1O)C(C(=O)OC)P(=O)(OC)OC. The second-order valence-electron chi connectivity index (χ2n) is 5.45. The molecule has 1 N–H and O–H groups in total. The Balaban J connectivity index is 2.77. The quantitative estimate of drug-likeness (QED) is 0.553. The third-order valence-corrected chi connectivity index (χ3v) is 6.39. The lowest BCUT2D eigenvalue weighted by atomic mass is 9.93. The van der Waals surface area contributed by atoms with Gasteiger partial charge >= 0.3 is 19.5 Å². The van der Waals surface area contributed by atoms with Crippen LogP contribution in [-0.2, 0) is 32.7 Å². The first-order valence-corrected chi connectivity index (χ1v) is 9.39. The van der Waals surface area contributed by atoms with Crippen molar-refractivity contribution in [3.8, 4) is 5.75 Å². The van der Waals surface area contributed by atoms with E-state index in [1.807, 2.05) is 0 Å². The second kappa shape index (κ2) is 8.47. The zero-order valence-corrected chi connectivity index (χ0v) is 16.1. The van der Waals surface area contributed by atoms with Crippen LogP contribution in [0, 0.1) is 0 Å². The lowest BCUT2D eigenvalue weighted by Crippen LogP contribution is -2.35. The number of phenols is 1. The van der Waals surface area contributed by atoms with E-state index in [4.69, 9.17) is 18.5 Å². The molecular weight excluding hydrogens is 377 g/mol. The van der Waals surface area contributed by atoms with Crippen molar-refractivity contribution >= 4 is 30.4 Å². The molecule has 0 bridgehead atoms. The molecule has 2 unspecified atom stereocenters. The van der Waals surface area contributed by atoms with Crippen molar-refractivity contribution in [1.29, 1.82) is 0 Å². The monoisotopic (exact) mass is 397 g/mol. The van der Waals surface area contributed by atoms with Gasteiger partial charge in [-0.2, -0.15) is 0 Å². The number of aromatic hydroxyl groups is 1. The standard InChI is InChI=1S/C17H20NO8P/c1-23-16(20)12(15(17(21)24-2)27(22,25-3)26-4)11-8-7-10-6-5-9-18-13(10)14(11)19/h5-9,12,15,19H,1-4H3. The van der Waals surface area contributed by atoms with E-state index in [1.165, 1.54) is 12.3 Å². The van der Waals surface area contributed by atoms with Gasteiger partial charge in [0.15, 0.2) is 5.66 Å². The highest BCUT2D eigenvalue weighted by Crippen LogP contribution is 2.57. The Hall–Kier alpha value is -2.48. The van der Waals surface area contributed by atoms with Crippen LogP contribution in [0.2, 0.25) is 0 Å². The lowest BCUT2D eigenvalue weighted by Gasteiger charge is -2.28. The number of nitrogens with zero attached hydrogens (tertiary/aromatic N) is 1. The average Bonchev–Trinajstić information content (AvgIpc) is 2.71. The molecule has 1 heterocycles. The number of carbonyl (C=O) groups excluding carboxylic acids is 2. The predicted octanol–water partition coefficient (Wildman–Crippen LogP) is 2.22. The van der Waals surface area contributed by atoms with Crippen LogP contribution in [0.15, 0.2) is 30.5 Å². The molecule has 0 aliphatic rings. The summed E-state index contributed by atoms with van der Waals surface area (Å²) in [7, 11) is 0.192. The van der Waals surface area contributed by atoms with Gasteiger partial charge in [0, 0.05) is 31.4 Å². The first-order chi connectivity index (χ1) is 12.8. The Bertz CT molecular complexity index is 892. The molecule has 0 spiro atoms. The van der Waals surface area contributed by atoms with Gasteiger partial charge < -0.3 is 23.6 Å². The smallest absolute Gasteiger partial charge is 0.345 e. The third-order valence-electron chi connectivity index (χ3n) is 4.18. The van der Waals surface area contributed by atoms with Crippen LogP contribution < -0.4 is 0 Å². The number of hydrogen-bond donors (Lipinski definition) is 1. The highest BCUT2D eigenvalue weighted by atomic mass is 31.2. The van der Waals surface area contributed by atoms with Gasteiger partial charge in [-0.1, -0.05) is 18.2 Å². The molecule has 2 atom stereocenters. The first kappa shape index (κ1) is 20.8. The van der Waals surface area contributed by atoms with Crippen LogP contribution in [0.25, 0.3) is 10.9 Å². The number of hydrogen-bond acceptors (Lipinski definition) is 9. The number of carbonyl (C=O) groups is 2. The third kappa shape index (κ3) is 3.80. The van der Waals surface area contributed by atoms with E-state index in [1.54, 1.807) is 18.2 Å². The molecule has 10 heteroatoms. The molecular formula is C17H20NO8P. The summed E-state index contributed by atoms with van der Waals surface area (Å²) < 4.78 is 32.4. The molecule has 0 aliphatic heterocycles. The van der Waals surface area contributed by atoms with Gasteiger partial charge in [-0.05, 0) is 6.07 Å². The molecule has 146 valence electrons. The summed E-state index contributed by atoms with van der Waals surface area (Å²) in [6, 6.07) is 6.42. The summed E-state index contributed by atoms with van der Waals surface area (Å²) in [5, 5.41) is 11.3. The fourth-order valence-electron chi connectivity index (χ4n) is 2.82. The van der Waals surface area contributed by atoms with E-state index in [0.717, 1.165) is 28.4 Å². The van der Waals surface area contributed by atoms with Crippen molar-refractivity contribution in [3.05, 3.63) is 36.0 Å². The molecule has 1 aromatic heterocycles. The van der Waals surface area contributed by atoms with E-state index in [9.17, 15) is 19.3 Å². The average molecular weight is 397 g/mol. The van der Waals surface area contributed by atoms with E-state index < -0.39 is 31.1 Å². The number of phenolic OH excluding ortho intramolecular Hbond substituents is 1. The molecule has 9 nitrogen and oxygen atoms in total. The van der Waals surface area contributed by atoms with Crippen LogP contribution in [0.1, 0.15) is 11.5 Å². The summed E-state index contributed by atoms with van der Waals surface area (Å²) >= 11 is 0. The van der Waals surface area contributed by atoms with E-state index >= 15 is 0 Å². The van der Waals surface area contributed by atoms with Crippen molar-refractivity contribution in [2.45, 2.75) is 11.6 Å². The minimum atomic E-state index is -4.14. The fourth-order valence-corrected chi connectivity index (χ4v) is 4.43. The number of benzene rings is 1. The molecule has 0 fully saturated rings. The molecule has 2 rings (SSSR count). The number of pyridine rings is 1. The molecule has 0 saturated carbocycles. The van der Waals surface area contributed by atoms with Crippen molar-refractivity contribution in [1.82, 2.24) is 4.98 Å². The molecule has 2 aromatic rings. The normalized spacial score (nSPS) is 13.8. The molecule has 1 aromatic carbocycles.